The number of rotatable bonds is 3. The van der Waals surface area contributed by atoms with Gasteiger partial charge in [-0.05, 0) is 37.5 Å². The molecule has 3 rings (SSSR count). The van der Waals surface area contributed by atoms with E-state index in [0.717, 1.165) is 12.0 Å². The molecule has 2 aliphatic rings. The predicted molar refractivity (Wildman–Crippen MR) is 82.6 cm³/mol. The number of anilines is 2. The average molecular weight is 312 g/mol. The van der Waals surface area contributed by atoms with Gasteiger partial charge in [-0.1, -0.05) is 6.07 Å². The second-order valence-corrected chi connectivity index (χ2v) is 5.69. The molecule has 1 atom stereocenters. The molecule has 0 aliphatic carbocycles. The summed E-state index contributed by atoms with van der Waals surface area (Å²) in [5, 5.41) is 11.1. The summed E-state index contributed by atoms with van der Waals surface area (Å²) in [6, 6.07) is 6.12. The molecule has 1 N–H and O–H groups in total. The van der Waals surface area contributed by atoms with Gasteiger partial charge in [-0.3, -0.25) is 9.59 Å². The van der Waals surface area contributed by atoms with Crippen molar-refractivity contribution in [3.8, 4) is 6.07 Å². The number of carbonyl (C=O) groups is 3. The van der Waals surface area contributed by atoms with E-state index in [1.54, 1.807) is 36.1 Å². The van der Waals surface area contributed by atoms with E-state index in [1.165, 1.54) is 4.90 Å². The van der Waals surface area contributed by atoms with Crippen LogP contribution in [0, 0.1) is 18.3 Å². The second-order valence-electron chi connectivity index (χ2n) is 5.69. The first kappa shape index (κ1) is 15.0. The molecule has 2 saturated heterocycles. The van der Waals surface area contributed by atoms with E-state index >= 15 is 0 Å². The van der Waals surface area contributed by atoms with E-state index in [0.29, 0.717) is 24.3 Å². The minimum atomic E-state index is -0.429. The summed E-state index contributed by atoms with van der Waals surface area (Å²) in [6.07, 6.45) is 1.29. The Morgan fingerprint density at radius 2 is 2.22 bits per heavy atom. The molecule has 0 bridgehead atoms. The Morgan fingerprint density at radius 3 is 2.91 bits per heavy atom. The summed E-state index contributed by atoms with van der Waals surface area (Å²) in [7, 11) is 0. The molecule has 2 heterocycles. The van der Waals surface area contributed by atoms with Crippen LogP contribution in [0.15, 0.2) is 18.2 Å². The van der Waals surface area contributed by atoms with Crippen LogP contribution in [0.4, 0.5) is 16.2 Å². The van der Waals surface area contributed by atoms with Crippen molar-refractivity contribution in [2.75, 3.05) is 16.8 Å². The Bertz CT molecular complexity index is 715. The maximum absolute atomic E-state index is 12.5. The maximum atomic E-state index is 12.5. The standard InChI is InChI=1S/C16H16N4O3/c1-10-4-5-11(18-14(21)6-7-17)9-13(10)20-15(22)12-3-2-8-19(12)16(20)23/h4-5,9,12H,2-3,6,8H2,1H3,(H,18,21). The van der Waals surface area contributed by atoms with Gasteiger partial charge >= 0.3 is 6.03 Å². The van der Waals surface area contributed by atoms with E-state index in [-0.39, 0.29) is 24.4 Å². The molecule has 7 heteroatoms. The molecule has 2 aliphatic heterocycles. The number of carbonyl (C=O) groups excluding carboxylic acids is 3. The van der Waals surface area contributed by atoms with Gasteiger partial charge in [-0.2, -0.15) is 5.26 Å². The van der Waals surface area contributed by atoms with Gasteiger partial charge in [0.2, 0.25) is 5.91 Å². The molecule has 0 aromatic heterocycles. The van der Waals surface area contributed by atoms with Crippen LogP contribution in [0.2, 0.25) is 0 Å². The largest absolute Gasteiger partial charge is 0.332 e. The normalized spacial score (nSPS) is 19.7. The van der Waals surface area contributed by atoms with E-state index in [4.69, 9.17) is 5.26 Å². The molecule has 1 aromatic rings. The van der Waals surface area contributed by atoms with E-state index in [9.17, 15) is 14.4 Å². The number of aryl methyl sites for hydroxylation is 1. The molecule has 1 aromatic carbocycles. The monoisotopic (exact) mass is 312 g/mol. The van der Waals surface area contributed by atoms with Gasteiger partial charge in [0.25, 0.3) is 5.91 Å². The Morgan fingerprint density at radius 1 is 1.43 bits per heavy atom. The zero-order valence-corrected chi connectivity index (χ0v) is 12.7. The third-order valence-electron chi connectivity index (χ3n) is 4.17. The van der Waals surface area contributed by atoms with Crippen molar-refractivity contribution in [1.29, 1.82) is 5.26 Å². The van der Waals surface area contributed by atoms with Crippen LogP contribution in [-0.4, -0.2) is 35.3 Å². The topological polar surface area (TPSA) is 93.5 Å². The van der Waals surface area contributed by atoms with E-state index < -0.39 is 5.91 Å². The summed E-state index contributed by atoms with van der Waals surface area (Å²) < 4.78 is 0. The number of hydrogen-bond donors (Lipinski definition) is 1. The lowest BCUT2D eigenvalue weighted by atomic mass is 10.1. The summed E-state index contributed by atoms with van der Waals surface area (Å²) >= 11 is 0. The first-order valence-corrected chi connectivity index (χ1v) is 7.45. The molecule has 118 valence electrons. The molecule has 23 heavy (non-hydrogen) atoms. The quantitative estimate of drug-likeness (QED) is 0.861. The summed E-state index contributed by atoms with van der Waals surface area (Å²) in [5.41, 5.74) is 1.70. The Balaban J connectivity index is 1.91. The van der Waals surface area contributed by atoms with Crippen molar-refractivity contribution < 1.29 is 14.4 Å². The van der Waals surface area contributed by atoms with Crippen molar-refractivity contribution in [3.63, 3.8) is 0 Å². The smallest absolute Gasteiger partial charge is 0.325 e. The summed E-state index contributed by atoms with van der Waals surface area (Å²) in [5.74, 6) is -0.641. The van der Waals surface area contributed by atoms with Gasteiger partial charge in [-0.15, -0.1) is 0 Å². The Labute approximate surface area is 133 Å². The van der Waals surface area contributed by atoms with Crippen molar-refractivity contribution in [1.82, 2.24) is 4.90 Å². The molecule has 4 amide bonds. The number of nitrogens with one attached hydrogen (secondary N) is 1. The van der Waals surface area contributed by atoms with Gasteiger partial charge in [-0.25, -0.2) is 9.69 Å². The third-order valence-corrected chi connectivity index (χ3v) is 4.17. The van der Waals surface area contributed by atoms with Crippen molar-refractivity contribution >= 4 is 29.2 Å². The number of benzene rings is 1. The van der Waals surface area contributed by atoms with Crippen LogP contribution in [0.5, 0.6) is 0 Å². The van der Waals surface area contributed by atoms with Crippen molar-refractivity contribution in [2.45, 2.75) is 32.2 Å². The van der Waals surface area contributed by atoms with Crippen molar-refractivity contribution in [2.24, 2.45) is 0 Å². The fourth-order valence-corrected chi connectivity index (χ4v) is 3.05. The molecule has 0 radical (unpaired) electrons. The zero-order valence-electron chi connectivity index (χ0n) is 12.7. The maximum Gasteiger partial charge on any atom is 0.332 e. The highest BCUT2D eigenvalue weighted by Crippen LogP contribution is 2.34. The molecular weight excluding hydrogens is 296 g/mol. The lowest BCUT2D eigenvalue weighted by Gasteiger charge is -2.18. The fraction of sp³-hybridized carbons (Fsp3) is 0.375. The van der Waals surface area contributed by atoms with Crippen LogP contribution in [-0.2, 0) is 9.59 Å². The minimum Gasteiger partial charge on any atom is -0.325 e. The van der Waals surface area contributed by atoms with E-state index in [2.05, 4.69) is 5.32 Å². The highest BCUT2D eigenvalue weighted by atomic mass is 16.2. The molecule has 0 saturated carbocycles. The second kappa shape index (κ2) is 5.72. The van der Waals surface area contributed by atoms with Crippen LogP contribution >= 0.6 is 0 Å². The number of nitriles is 1. The SMILES string of the molecule is Cc1ccc(NC(=O)CC#N)cc1N1C(=O)C2CCCN2C1=O. The summed E-state index contributed by atoms with van der Waals surface area (Å²) in [6.45, 7) is 2.41. The Hall–Kier alpha value is -2.88. The van der Waals surface area contributed by atoms with Gasteiger partial charge in [0, 0.05) is 12.2 Å². The van der Waals surface area contributed by atoms with Gasteiger partial charge < -0.3 is 10.2 Å². The number of imide groups is 1. The van der Waals surface area contributed by atoms with Crippen LogP contribution < -0.4 is 10.2 Å². The summed E-state index contributed by atoms with van der Waals surface area (Å²) in [4.78, 5) is 39.3. The fourth-order valence-electron chi connectivity index (χ4n) is 3.05. The van der Waals surface area contributed by atoms with Crippen molar-refractivity contribution in [3.05, 3.63) is 23.8 Å². The lowest BCUT2D eigenvalue weighted by Crippen LogP contribution is -2.33. The molecule has 2 fully saturated rings. The van der Waals surface area contributed by atoms with Gasteiger partial charge in [0.15, 0.2) is 0 Å². The first-order valence-electron chi connectivity index (χ1n) is 7.45. The predicted octanol–water partition coefficient (Wildman–Crippen LogP) is 1.78. The van der Waals surface area contributed by atoms with E-state index in [1.807, 2.05) is 0 Å². The number of urea groups is 1. The number of hydrogen-bond acceptors (Lipinski definition) is 4. The average Bonchev–Trinajstić information content (AvgIpc) is 3.07. The third kappa shape index (κ3) is 2.52. The highest BCUT2D eigenvalue weighted by molar-refractivity contribution is 6.22. The van der Waals surface area contributed by atoms with Gasteiger partial charge in [0.05, 0.1) is 11.8 Å². The van der Waals surface area contributed by atoms with Crippen LogP contribution in [0.1, 0.15) is 24.8 Å². The highest BCUT2D eigenvalue weighted by Gasteiger charge is 2.48. The first-order chi connectivity index (χ1) is 11.0. The molecule has 7 nitrogen and oxygen atoms in total. The molecule has 1 unspecified atom stereocenters. The minimum absolute atomic E-state index is 0.212. The van der Waals surface area contributed by atoms with Gasteiger partial charge in [0.1, 0.15) is 12.5 Å². The number of nitrogens with zero attached hydrogens (tertiary/aromatic N) is 3. The number of amides is 4. The van der Waals surface area contributed by atoms with Crippen LogP contribution in [0.3, 0.4) is 0 Å². The number of fused-ring (bicyclic) bond motifs is 1. The Kier molecular flexibility index (Phi) is 3.74. The lowest BCUT2D eigenvalue weighted by molar-refractivity contribution is -0.119. The molecule has 0 spiro atoms. The zero-order chi connectivity index (χ0) is 16.6. The molecular formula is C16H16N4O3. The van der Waals surface area contributed by atoms with Crippen LogP contribution in [0.25, 0.3) is 0 Å².